The van der Waals surface area contributed by atoms with Gasteiger partial charge >= 0.3 is 0 Å². The lowest BCUT2D eigenvalue weighted by molar-refractivity contribution is -0.116. The number of aliphatic hydroxyl groups is 1. The molecule has 2 rings (SSSR count). The monoisotopic (exact) mass is 277 g/mol. The molecule has 0 aromatic heterocycles. The normalized spacial score (nSPS) is 20.8. The maximum absolute atomic E-state index is 11.9. The Hall–Kier alpha value is -1.59. The number of nitrogens with two attached hydrogens (primary N) is 1. The number of nitrogens with zero attached hydrogens (tertiary/aromatic N) is 1. The predicted octanol–water partition coefficient (Wildman–Crippen LogP) is 1.30. The second-order valence-electron chi connectivity index (χ2n) is 5.51. The molecular weight excluding hydrogens is 254 g/mol. The molecule has 2 unspecified atom stereocenters. The van der Waals surface area contributed by atoms with Crippen molar-refractivity contribution in [2.75, 3.05) is 30.7 Å². The number of benzene rings is 1. The van der Waals surface area contributed by atoms with Crippen LogP contribution in [0.4, 0.5) is 11.4 Å². The van der Waals surface area contributed by atoms with Crippen molar-refractivity contribution >= 4 is 17.3 Å². The van der Waals surface area contributed by atoms with E-state index in [1.165, 1.54) is 0 Å². The molecule has 5 nitrogen and oxygen atoms in total. The number of nitrogens with one attached hydrogen (secondary N) is 1. The Labute approximate surface area is 119 Å². The van der Waals surface area contributed by atoms with E-state index in [4.69, 9.17) is 5.73 Å². The van der Waals surface area contributed by atoms with E-state index in [9.17, 15) is 9.90 Å². The Morgan fingerprint density at radius 3 is 2.80 bits per heavy atom. The summed E-state index contributed by atoms with van der Waals surface area (Å²) in [5, 5.41) is 12.4. The number of hydrogen-bond donors (Lipinski definition) is 3. The van der Waals surface area contributed by atoms with E-state index >= 15 is 0 Å². The molecular formula is C15H23N3O2. The van der Waals surface area contributed by atoms with E-state index < -0.39 is 0 Å². The molecule has 1 aromatic carbocycles. The summed E-state index contributed by atoms with van der Waals surface area (Å²) in [6.07, 6.45) is 1.22. The molecule has 1 aliphatic rings. The van der Waals surface area contributed by atoms with Gasteiger partial charge in [0.25, 0.3) is 0 Å². The quantitative estimate of drug-likeness (QED) is 0.709. The van der Waals surface area contributed by atoms with Crippen molar-refractivity contribution in [1.29, 1.82) is 0 Å². The van der Waals surface area contributed by atoms with Crippen LogP contribution < -0.4 is 11.1 Å². The molecule has 0 spiro atoms. The van der Waals surface area contributed by atoms with Crippen molar-refractivity contribution in [3.05, 3.63) is 24.3 Å². The van der Waals surface area contributed by atoms with E-state index in [0.29, 0.717) is 18.0 Å². The van der Waals surface area contributed by atoms with Gasteiger partial charge in [0.1, 0.15) is 0 Å². The zero-order chi connectivity index (χ0) is 14.5. The molecule has 0 saturated carbocycles. The predicted molar refractivity (Wildman–Crippen MR) is 80.3 cm³/mol. The maximum atomic E-state index is 11.9. The van der Waals surface area contributed by atoms with Gasteiger partial charge in [0.05, 0.1) is 6.10 Å². The van der Waals surface area contributed by atoms with Crippen LogP contribution in [-0.4, -0.2) is 41.7 Å². The molecule has 5 heteroatoms. The van der Waals surface area contributed by atoms with Crippen LogP contribution in [0.15, 0.2) is 24.3 Å². The molecule has 1 aromatic rings. The molecule has 1 aliphatic heterocycles. The zero-order valence-corrected chi connectivity index (χ0v) is 11.9. The third kappa shape index (κ3) is 4.21. The minimum absolute atomic E-state index is 0.00951. The van der Waals surface area contributed by atoms with Gasteiger partial charge in [0, 0.05) is 30.9 Å². The van der Waals surface area contributed by atoms with E-state index in [-0.39, 0.29) is 12.0 Å². The summed E-state index contributed by atoms with van der Waals surface area (Å²) >= 11 is 0. The lowest BCUT2D eigenvalue weighted by Gasteiger charge is -2.17. The minimum Gasteiger partial charge on any atom is -0.399 e. The summed E-state index contributed by atoms with van der Waals surface area (Å²) in [6, 6.07) is 7.13. The maximum Gasteiger partial charge on any atom is 0.225 e. The lowest BCUT2D eigenvalue weighted by atomic mass is 10.0. The second-order valence-corrected chi connectivity index (χ2v) is 5.51. The van der Waals surface area contributed by atoms with Crippen molar-refractivity contribution in [2.45, 2.75) is 25.9 Å². The second kappa shape index (κ2) is 6.72. The van der Waals surface area contributed by atoms with Crippen molar-refractivity contribution < 1.29 is 9.90 Å². The lowest BCUT2D eigenvalue weighted by Crippen LogP contribution is -2.27. The summed E-state index contributed by atoms with van der Waals surface area (Å²) in [5.41, 5.74) is 7.05. The summed E-state index contributed by atoms with van der Waals surface area (Å²) < 4.78 is 0. The summed E-state index contributed by atoms with van der Waals surface area (Å²) in [4.78, 5) is 14.1. The number of nitrogen functional groups attached to an aromatic ring is 1. The summed E-state index contributed by atoms with van der Waals surface area (Å²) in [6.45, 7) is 4.42. The SMILES string of the molecule is CC(O)C1CCN(CCC(=O)Nc2ccc(N)cc2)C1. The molecule has 1 amide bonds. The molecule has 20 heavy (non-hydrogen) atoms. The third-order valence-electron chi connectivity index (χ3n) is 3.84. The number of rotatable bonds is 5. The van der Waals surface area contributed by atoms with Crippen LogP contribution in [0.25, 0.3) is 0 Å². The van der Waals surface area contributed by atoms with Crippen LogP contribution in [-0.2, 0) is 4.79 Å². The molecule has 0 aliphatic carbocycles. The van der Waals surface area contributed by atoms with Crippen LogP contribution in [0.3, 0.4) is 0 Å². The first kappa shape index (κ1) is 14.8. The van der Waals surface area contributed by atoms with Gasteiger partial charge in [-0.25, -0.2) is 0 Å². The van der Waals surface area contributed by atoms with Gasteiger partial charge in [-0.2, -0.15) is 0 Å². The van der Waals surface area contributed by atoms with Gasteiger partial charge < -0.3 is 21.1 Å². The smallest absolute Gasteiger partial charge is 0.225 e. The molecule has 0 radical (unpaired) electrons. The van der Waals surface area contributed by atoms with Crippen molar-refractivity contribution in [1.82, 2.24) is 4.90 Å². The first-order valence-electron chi connectivity index (χ1n) is 7.10. The van der Waals surface area contributed by atoms with Crippen LogP contribution in [0.2, 0.25) is 0 Å². The first-order chi connectivity index (χ1) is 9.54. The number of carbonyl (C=O) groups is 1. The molecule has 1 fully saturated rings. The number of likely N-dealkylation sites (tertiary alicyclic amines) is 1. The summed E-state index contributed by atoms with van der Waals surface area (Å²) in [5.74, 6) is 0.352. The molecule has 2 atom stereocenters. The van der Waals surface area contributed by atoms with E-state index in [1.807, 2.05) is 6.92 Å². The van der Waals surface area contributed by atoms with Gasteiger partial charge in [-0.05, 0) is 50.1 Å². The largest absolute Gasteiger partial charge is 0.399 e. The Morgan fingerprint density at radius 2 is 2.20 bits per heavy atom. The fraction of sp³-hybridized carbons (Fsp3) is 0.533. The van der Waals surface area contributed by atoms with Crippen molar-refractivity contribution in [2.24, 2.45) is 5.92 Å². The average Bonchev–Trinajstić information content (AvgIpc) is 2.88. The summed E-state index contributed by atoms with van der Waals surface area (Å²) in [7, 11) is 0. The van der Waals surface area contributed by atoms with Crippen molar-refractivity contribution in [3.63, 3.8) is 0 Å². The third-order valence-corrected chi connectivity index (χ3v) is 3.84. The average molecular weight is 277 g/mol. The van der Waals surface area contributed by atoms with E-state index in [2.05, 4.69) is 10.2 Å². The number of aliphatic hydroxyl groups excluding tert-OH is 1. The number of anilines is 2. The highest BCUT2D eigenvalue weighted by molar-refractivity contribution is 5.90. The van der Waals surface area contributed by atoms with Gasteiger partial charge in [0.15, 0.2) is 0 Å². The van der Waals surface area contributed by atoms with Crippen LogP contribution in [0.5, 0.6) is 0 Å². The Morgan fingerprint density at radius 1 is 1.50 bits per heavy atom. The number of amides is 1. The molecule has 1 heterocycles. The van der Waals surface area contributed by atoms with Crippen molar-refractivity contribution in [3.8, 4) is 0 Å². The molecule has 1 saturated heterocycles. The zero-order valence-electron chi connectivity index (χ0n) is 11.9. The Bertz CT molecular complexity index is 445. The molecule has 0 bridgehead atoms. The molecule has 110 valence electrons. The highest BCUT2D eigenvalue weighted by atomic mass is 16.3. The van der Waals surface area contributed by atoms with Gasteiger partial charge in [-0.1, -0.05) is 0 Å². The fourth-order valence-corrected chi connectivity index (χ4v) is 2.51. The van der Waals surface area contributed by atoms with Crippen LogP contribution in [0.1, 0.15) is 19.8 Å². The number of hydrogen-bond acceptors (Lipinski definition) is 4. The van der Waals surface area contributed by atoms with Gasteiger partial charge in [-0.15, -0.1) is 0 Å². The number of carbonyl (C=O) groups excluding carboxylic acids is 1. The highest BCUT2D eigenvalue weighted by Gasteiger charge is 2.25. The van der Waals surface area contributed by atoms with Gasteiger partial charge in [-0.3, -0.25) is 4.79 Å². The Balaban J connectivity index is 1.72. The Kier molecular flexibility index (Phi) is 4.98. The van der Waals surface area contributed by atoms with Crippen LogP contribution >= 0.6 is 0 Å². The van der Waals surface area contributed by atoms with Gasteiger partial charge in [0.2, 0.25) is 5.91 Å². The van der Waals surface area contributed by atoms with Crippen LogP contribution in [0, 0.1) is 5.92 Å². The fourth-order valence-electron chi connectivity index (χ4n) is 2.51. The van der Waals surface area contributed by atoms with E-state index in [0.717, 1.165) is 31.7 Å². The topological polar surface area (TPSA) is 78.6 Å². The first-order valence-corrected chi connectivity index (χ1v) is 7.10. The highest BCUT2D eigenvalue weighted by Crippen LogP contribution is 2.19. The van der Waals surface area contributed by atoms with E-state index in [1.54, 1.807) is 24.3 Å². The molecule has 4 N–H and O–H groups in total. The minimum atomic E-state index is -0.261. The standard InChI is InChI=1S/C15H23N3O2/c1-11(19)12-6-8-18(10-12)9-7-15(20)17-14-4-2-13(16)3-5-14/h2-5,11-12,19H,6-10,16H2,1H3,(H,17,20).